The third-order valence-electron chi connectivity index (χ3n) is 6.28. The van der Waals surface area contributed by atoms with Crippen molar-refractivity contribution in [3.8, 4) is 11.5 Å². The fraction of sp³-hybridized carbons (Fsp3) is 0.310. The van der Waals surface area contributed by atoms with Gasteiger partial charge in [-0.1, -0.05) is 48.5 Å². The summed E-state index contributed by atoms with van der Waals surface area (Å²) in [5.41, 5.74) is 3.83. The molecular weight excluding hydrogens is 454 g/mol. The number of amides is 3. The Morgan fingerprint density at radius 2 is 1.81 bits per heavy atom. The molecule has 4 rings (SSSR count). The first-order chi connectivity index (χ1) is 17.5. The molecule has 188 valence electrons. The van der Waals surface area contributed by atoms with E-state index in [0.29, 0.717) is 37.7 Å². The highest BCUT2D eigenvalue weighted by molar-refractivity contribution is 5.90. The lowest BCUT2D eigenvalue weighted by atomic mass is 9.97. The van der Waals surface area contributed by atoms with Gasteiger partial charge in [0.25, 0.3) is 0 Å². The topological polar surface area (TPSA) is 79.9 Å². The molecule has 1 saturated heterocycles. The number of anilines is 1. The maximum atomic E-state index is 12.9. The standard InChI is InChI=1S/C29H33N3O4/c1-21-8-6-12-25(16-21)31-29(34)32-15-7-11-24(19-32)28(33)30-18-23-13-14-26(27(17-23)35-2)36-20-22-9-4-3-5-10-22/h3-6,8-10,12-14,16-17,24H,7,11,15,18-20H2,1-2H3,(H,30,33)(H,31,34). The zero-order chi connectivity index (χ0) is 25.3. The number of ether oxygens (including phenoxy) is 2. The Hall–Kier alpha value is -4.00. The second-order valence-corrected chi connectivity index (χ2v) is 9.06. The monoisotopic (exact) mass is 487 g/mol. The first-order valence-corrected chi connectivity index (χ1v) is 12.3. The molecule has 3 amide bonds. The van der Waals surface area contributed by atoms with Crippen LogP contribution in [0.5, 0.6) is 11.5 Å². The molecule has 0 aliphatic carbocycles. The lowest BCUT2D eigenvalue weighted by molar-refractivity contribution is -0.126. The van der Waals surface area contributed by atoms with E-state index in [1.165, 1.54) is 0 Å². The van der Waals surface area contributed by atoms with Gasteiger partial charge in [0.2, 0.25) is 5.91 Å². The van der Waals surface area contributed by atoms with Crippen LogP contribution in [0.3, 0.4) is 0 Å². The zero-order valence-electron chi connectivity index (χ0n) is 20.8. The lowest BCUT2D eigenvalue weighted by Gasteiger charge is -2.32. The highest BCUT2D eigenvalue weighted by atomic mass is 16.5. The van der Waals surface area contributed by atoms with Crippen molar-refractivity contribution >= 4 is 17.6 Å². The minimum Gasteiger partial charge on any atom is -0.493 e. The largest absolute Gasteiger partial charge is 0.493 e. The maximum absolute atomic E-state index is 12.9. The summed E-state index contributed by atoms with van der Waals surface area (Å²) in [5, 5.41) is 5.96. The van der Waals surface area contributed by atoms with Crippen molar-refractivity contribution in [3.05, 3.63) is 89.5 Å². The Bertz CT molecular complexity index is 1180. The van der Waals surface area contributed by atoms with Gasteiger partial charge in [-0.05, 0) is 60.7 Å². The quantitative estimate of drug-likeness (QED) is 0.461. The second-order valence-electron chi connectivity index (χ2n) is 9.06. The van der Waals surface area contributed by atoms with Crippen LogP contribution in [0, 0.1) is 12.8 Å². The van der Waals surface area contributed by atoms with Gasteiger partial charge in [-0.25, -0.2) is 4.79 Å². The molecule has 0 radical (unpaired) electrons. The van der Waals surface area contributed by atoms with E-state index in [9.17, 15) is 9.59 Å². The first-order valence-electron chi connectivity index (χ1n) is 12.3. The van der Waals surface area contributed by atoms with E-state index in [0.717, 1.165) is 35.2 Å². The molecule has 3 aromatic rings. The Morgan fingerprint density at radius 3 is 2.58 bits per heavy atom. The summed E-state index contributed by atoms with van der Waals surface area (Å²) >= 11 is 0. The SMILES string of the molecule is COc1cc(CNC(=O)C2CCCN(C(=O)Nc3cccc(C)c3)C2)ccc1OCc1ccccc1. The van der Waals surface area contributed by atoms with Gasteiger partial charge in [-0.3, -0.25) is 4.79 Å². The number of aryl methyl sites for hydroxylation is 1. The summed E-state index contributed by atoms with van der Waals surface area (Å²) in [6, 6.07) is 23.1. The van der Waals surface area contributed by atoms with Crippen LogP contribution in [0.4, 0.5) is 10.5 Å². The maximum Gasteiger partial charge on any atom is 0.321 e. The number of rotatable bonds is 8. The van der Waals surface area contributed by atoms with Crippen LogP contribution in [0.15, 0.2) is 72.8 Å². The molecule has 7 nitrogen and oxygen atoms in total. The van der Waals surface area contributed by atoms with Gasteiger partial charge in [0.15, 0.2) is 11.5 Å². The van der Waals surface area contributed by atoms with Crippen molar-refractivity contribution in [2.45, 2.75) is 32.9 Å². The van der Waals surface area contributed by atoms with Crippen molar-refractivity contribution in [1.29, 1.82) is 0 Å². The molecule has 36 heavy (non-hydrogen) atoms. The van der Waals surface area contributed by atoms with E-state index in [-0.39, 0.29) is 17.9 Å². The molecule has 1 aliphatic rings. The number of likely N-dealkylation sites (tertiary alicyclic amines) is 1. The van der Waals surface area contributed by atoms with E-state index in [2.05, 4.69) is 10.6 Å². The lowest BCUT2D eigenvalue weighted by Crippen LogP contribution is -2.46. The summed E-state index contributed by atoms with van der Waals surface area (Å²) in [4.78, 5) is 27.3. The minimum atomic E-state index is -0.239. The Morgan fingerprint density at radius 1 is 0.972 bits per heavy atom. The molecule has 0 aromatic heterocycles. The number of hydrogen-bond acceptors (Lipinski definition) is 4. The molecule has 0 spiro atoms. The molecule has 3 aromatic carbocycles. The number of methoxy groups -OCH3 is 1. The molecule has 1 fully saturated rings. The van der Waals surface area contributed by atoms with Gasteiger partial charge in [-0.2, -0.15) is 0 Å². The molecule has 0 bridgehead atoms. The van der Waals surface area contributed by atoms with Crippen LogP contribution in [-0.2, 0) is 17.9 Å². The molecule has 7 heteroatoms. The minimum absolute atomic E-state index is 0.0496. The smallest absolute Gasteiger partial charge is 0.321 e. The van der Waals surface area contributed by atoms with Crippen LogP contribution in [0.25, 0.3) is 0 Å². The number of carbonyl (C=O) groups excluding carboxylic acids is 2. The molecule has 1 atom stereocenters. The molecule has 0 saturated carbocycles. The Labute approximate surface area is 212 Å². The van der Waals surface area contributed by atoms with Crippen molar-refractivity contribution in [2.24, 2.45) is 5.92 Å². The molecule has 2 N–H and O–H groups in total. The summed E-state index contributed by atoms with van der Waals surface area (Å²) in [7, 11) is 1.60. The van der Waals surface area contributed by atoms with E-state index >= 15 is 0 Å². The number of nitrogens with zero attached hydrogens (tertiary/aromatic N) is 1. The van der Waals surface area contributed by atoms with E-state index in [1.54, 1.807) is 12.0 Å². The first kappa shape index (κ1) is 25.1. The third-order valence-corrected chi connectivity index (χ3v) is 6.28. The number of benzene rings is 3. The number of hydrogen-bond donors (Lipinski definition) is 2. The fourth-order valence-electron chi connectivity index (χ4n) is 4.31. The Balaban J connectivity index is 1.29. The van der Waals surface area contributed by atoms with Gasteiger partial charge in [0.1, 0.15) is 6.61 Å². The van der Waals surface area contributed by atoms with E-state index < -0.39 is 0 Å². The highest BCUT2D eigenvalue weighted by Crippen LogP contribution is 2.29. The van der Waals surface area contributed by atoms with Crippen LogP contribution in [-0.4, -0.2) is 37.0 Å². The van der Waals surface area contributed by atoms with Gasteiger partial charge in [0, 0.05) is 25.3 Å². The van der Waals surface area contributed by atoms with Crippen molar-refractivity contribution < 1.29 is 19.1 Å². The predicted molar refractivity (Wildman–Crippen MR) is 140 cm³/mol. The molecule has 1 heterocycles. The second kappa shape index (κ2) is 12.1. The van der Waals surface area contributed by atoms with Crippen molar-refractivity contribution in [2.75, 3.05) is 25.5 Å². The van der Waals surface area contributed by atoms with Crippen LogP contribution in [0.1, 0.15) is 29.5 Å². The van der Waals surface area contributed by atoms with Crippen LogP contribution < -0.4 is 20.1 Å². The summed E-state index contributed by atoms with van der Waals surface area (Å²) < 4.78 is 11.4. The van der Waals surface area contributed by atoms with E-state index in [1.807, 2.05) is 79.7 Å². The van der Waals surface area contributed by atoms with Crippen LogP contribution >= 0.6 is 0 Å². The average Bonchev–Trinajstić information content (AvgIpc) is 2.91. The normalized spacial score (nSPS) is 15.2. The summed E-state index contributed by atoms with van der Waals surface area (Å²) in [6.07, 6.45) is 1.55. The van der Waals surface area contributed by atoms with Crippen LogP contribution in [0.2, 0.25) is 0 Å². The number of piperidine rings is 1. The van der Waals surface area contributed by atoms with Gasteiger partial charge in [-0.15, -0.1) is 0 Å². The fourth-order valence-corrected chi connectivity index (χ4v) is 4.31. The molecule has 1 aliphatic heterocycles. The predicted octanol–water partition coefficient (Wildman–Crippen LogP) is 5.14. The number of urea groups is 1. The van der Waals surface area contributed by atoms with Gasteiger partial charge in [0.05, 0.1) is 13.0 Å². The number of nitrogens with one attached hydrogen (secondary N) is 2. The summed E-state index contributed by atoms with van der Waals surface area (Å²) in [5.74, 6) is 0.983. The van der Waals surface area contributed by atoms with Crippen molar-refractivity contribution in [3.63, 3.8) is 0 Å². The molecular formula is C29H33N3O4. The Kier molecular flexibility index (Phi) is 8.44. The highest BCUT2D eigenvalue weighted by Gasteiger charge is 2.28. The van der Waals surface area contributed by atoms with Crippen molar-refractivity contribution in [1.82, 2.24) is 10.2 Å². The average molecular weight is 488 g/mol. The van der Waals surface area contributed by atoms with E-state index in [4.69, 9.17) is 9.47 Å². The molecule has 1 unspecified atom stereocenters. The van der Waals surface area contributed by atoms with Gasteiger partial charge < -0.3 is 25.0 Å². The zero-order valence-corrected chi connectivity index (χ0v) is 20.8. The van der Waals surface area contributed by atoms with Gasteiger partial charge >= 0.3 is 6.03 Å². The summed E-state index contributed by atoms with van der Waals surface area (Å²) in [6.45, 7) is 3.85. The third kappa shape index (κ3) is 6.78. The number of carbonyl (C=O) groups is 2.